The SMILES string of the molecule is CN(Cc1ccc(F)cc1)S(=O)(=O)c1ccc(Cl)c(N)c1. The van der Waals surface area contributed by atoms with Crippen LogP contribution < -0.4 is 5.73 Å². The number of nitrogens with two attached hydrogens (primary N) is 1. The average molecular weight is 329 g/mol. The Labute approximate surface area is 128 Å². The summed E-state index contributed by atoms with van der Waals surface area (Å²) in [7, 11) is -2.24. The maximum Gasteiger partial charge on any atom is 0.243 e. The van der Waals surface area contributed by atoms with Gasteiger partial charge in [-0.3, -0.25) is 0 Å². The van der Waals surface area contributed by atoms with Crippen molar-refractivity contribution >= 4 is 27.3 Å². The Hall–Kier alpha value is -1.63. The first-order chi connectivity index (χ1) is 9.80. The molecule has 2 N–H and O–H groups in total. The molecule has 7 heteroatoms. The Morgan fingerprint density at radius 1 is 1.19 bits per heavy atom. The molecule has 0 aliphatic carbocycles. The van der Waals surface area contributed by atoms with E-state index in [0.29, 0.717) is 10.6 Å². The maximum atomic E-state index is 12.8. The van der Waals surface area contributed by atoms with E-state index in [1.54, 1.807) is 0 Å². The highest BCUT2D eigenvalue weighted by molar-refractivity contribution is 7.89. The summed E-state index contributed by atoms with van der Waals surface area (Å²) >= 11 is 5.79. The highest BCUT2D eigenvalue weighted by Gasteiger charge is 2.21. The van der Waals surface area contributed by atoms with Gasteiger partial charge in [0.25, 0.3) is 0 Å². The van der Waals surface area contributed by atoms with E-state index in [-0.39, 0.29) is 22.9 Å². The fraction of sp³-hybridized carbons (Fsp3) is 0.143. The first-order valence-electron chi connectivity index (χ1n) is 6.06. The van der Waals surface area contributed by atoms with Crippen LogP contribution in [0.3, 0.4) is 0 Å². The lowest BCUT2D eigenvalue weighted by Crippen LogP contribution is -2.26. The van der Waals surface area contributed by atoms with Crippen molar-refractivity contribution in [1.82, 2.24) is 4.31 Å². The van der Waals surface area contributed by atoms with Crippen molar-refractivity contribution in [3.63, 3.8) is 0 Å². The van der Waals surface area contributed by atoms with Gasteiger partial charge in [0.2, 0.25) is 10.0 Å². The third-order valence-electron chi connectivity index (χ3n) is 2.99. The first-order valence-corrected chi connectivity index (χ1v) is 7.88. The minimum atomic E-state index is -3.69. The van der Waals surface area contributed by atoms with E-state index in [0.717, 1.165) is 0 Å². The summed E-state index contributed by atoms with van der Waals surface area (Å²) in [5.74, 6) is -0.366. The summed E-state index contributed by atoms with van der Waals surface area (Å²) in [4.78, 5) is 0.0639. The van der Waals surface area contributed by atoms with Crippen LogP contribution in [0.25, 0.3) is 0 Å². The van der Waals surface area contributed by atoms with Crippen molar-refractivity contribution in [2.24, 2.45) is 0 Å². The average Bonchev–Trinajstić information content (AvgIpc) is 2.44. The highest BCUT2D eigenvalue weighted by Crippen LogP contribution is 2.24. The summed E-state index contributed by atoms with van der Waals surface area (Å²) < 4.78 is 38.9. The monoisotopic (exact) mass is 328 g/mol. The van der Waals surface area contributed by atoms with Crippen LogP contribution >= 0.6 is 11.6 Å². The predicted octanol–water partition coefficient (Wildman–Crippen LogP) is 2.88. The number of hydrogen-bond acceptors (Lipinski definition) is 3. The molecule has 0 amide bonds. The van der Waals surface area contributed by atoms with Crippen molar-refractivity contribution in [1.29, 1.82) is 0 Å². The molecule has 0 bridgehead atoms. The van der Waals surface area contributed by atoms with Gasteiger partial charge in [-0.15, -0.1) is 0 Å². The Balaban J connectivity index is 2.25. The van der Waals surface area contributed by atoms with Gasteiger partial charge < -0.3 is 5.73 Å². The molecule has 21 heavy (non-hydrogen) atoms. The van der Waals surface area contributed by atoms with Gasteiger partial charge in [0, 0.05) is 13.6 Å². The Bertz CT molecular complexity index is 748. The Kier molecular flexibility index (Phi) is 4.51. The zero-order valence-corrected chi connectivity index (χ0v) is 12.8. The smallest absolute Gasteiger partial charge is 0.243 e. The molecule has 0 saturated carbocycles. The molecule has 0 atom stereocenters. The molecular formula is C14H14ClFN2O2S. The van der Waals surface area contributed by atoms with E-state index in [2.05, 4.69) is 0 Å². The molecule has 0 heterocycles. The molecule has 0 radical (unpaired) electrons. The quantitative estimate of drug-likeness (QED) is 0.878. The van der Waals surface area contributed by atoms with Crippen LogP contribution in [-0.2, 0) is 16.6 Å². The minimum Gasteiger partial charge on any atom is -0.397 e. The summed E-state index contributed by atoms with van der Waals surface area (Å²) in [6.07, 6.45) is 0. The van der Waals surface area contributed by atoms with Gasteiger partial charge in [0.1, 0.15) is 5.82 Å². The summed E-state index contributed by atoms with van der Waals surface area (Å²) in [5, 5.41) is 0.301. The van der Waals surface area contributed by atoms with Crippen LogP contribution in [0.2, 0.25) is 5.02 Å². The van der Waals surface area contributed by atoms with Gasteiger partial charge in [-0.1, -0.05) is 23.7 Å². The number of halogens is 2. The third kappa shape index (κ3) is 3.53. The number of sulfonamides is 1. The topological polar surface area (TPSA) is 63.4 Å². The maximum absolute atomic E-state index is 12.8. The summed E-state index contributed by atoms with van der Waals surface area (Å²) in [6.45, 7) is 0.130. The van der Waals surface area contributed by atoms with E-state index in [9.17, 15) is 12.8 Å². The Morgan fingerprint density at radius 2 is 1.81 bits per heavy atom. The number of anilines is 1. The van der Waals surface area contributed by atoms with E-state index >= 15 is 0 Å². The second-order valence-electron chi connectivity index (χ2n) is 4.57. The number of hydrogen-bond donors (Lipinski definition) is 1. The summed E-state index contributed by atoms with van der Waals surface area (Å²) in [5.41, 5.74) is 6.52. The lowest BCUT2D eigenvalue weighted by Gasteiger charge is -2.17. The minimum absolute atomic E-state index is 0.0639. The normalized spacial score (nSPS) is 11.8. The lowest BCUT2D eigenvalue weighted by molar-refractivity contribution is 0.466. The van der Waals surface area contributed by atoms with Gasteiger partial charge >= 0.3 is 0 Å². The molecule has 2 rings (SSSR count). The van der Waals surface area contributed by atoms with Gasteiger partial charge in [-0.25, -0.2) is 12.8 Å². The van der Waals surface area contributed by atoms with Crippen LogP contribution in [0.15, 0.2) is 47.4 Å². The van der Waals surface area contributed by atoms with Crippen molar-refractivity contribution in [3.05, 3.63) is 58.9 Å². The molecule has 0 unspecified atom stereocenters. The number of nitrogen functional groups attached to an aromatic ring is 1. The first kappa shape index (κ1) is 15.8. The molecule has 112 valence electrons. The standard InChI is InChI=1S/C14H14ClFN2O2S/c1-18(9-10-2-4-11(16)5-3-10)21(19,20)12-6-7-13(15)14(17)8-12/h2-8H,9,17H2,1H3. The van der Waals surface area contributed by atoms with Gasteiger partial charge in [0.05, 0.1) is 15.6 Å². The molecule has 0 saturated heterocycles. The second kappa shape index (κ2) is 6.01. The molecule has 0 aliphatic heterocycles. The van der Waals surface area contributed by atoms with Crippen LogP contribution in [0.4, 0.5) is 10.1 Å². The molecule has 4 nitrogen and oxygen atoms in total. The van der Waals surface area contributed by atoms with Gasteiger partial charge in [-0.2, -0.15) is 4.31 Å². The summed E-state index contributed by atoms with van der Waals surface area (Å²) in [6, 6.07) is 9.81. The zero-order chi connectivity index (χ0) is 15.6. The van der Waals surface area contributed by atoms with Crippen molar-refractivity contribution in [2.75, 3.05) is 12.8 Å². The fourth-order valence-electron chi connectivity index (χ4n) is 1.79. The van der Waals surface area contributed by atoms with E-state index in [1.165, 1.54) is 53.8 Å². The van der Waals surface area contributed by atoms with Gasteiger partial charge in [0.15, 0.2) is 0 Å². The van der Waals surface area contributed by atoms with E-state index < -0.39 is 10.0 Å². The van der Waals surface area contributed by atoms with Crippen molar-refractivity contribution in [2.45, 2.75) is 11.4 Å². The van der Waals surface area contributed by atoms with Crippen LogP contribution in [0.1, 0.15) is 5.56 Å². The molecule has 0 spiro atoms. The van der Waals surface area contributed by atoms with Crippen LogP contribution in [0, 0.1) is 5.82 Å². The molecule has 2 aromatic rings. The van der Waals surface area contributed by atoms with Gasteiger partial charge in [-0.05, 0) is 35.9 Å². The van der Waals surface area contributed by atoms with Crippen molar-refractivity contribution < 1.29 is 12.8 Å². The molecule has 0 fully saturated rings. The predicted molar refractivity (Wildman–Crippen MR) is 80.9 cm³/mol. The zero-order valence-electron chi connectivity index (χ0n) is 11.3. The highest BCUT2D eigenvalue weighted by atomic mass is 35.5. The molecular weight excluding hydrogens is 315 g/mol. The number of nitrogens with zero attached hydrogens (tertiary/aromatic N) is 1. The van der Waals surface area contributed by atoms with Crippen molar-refractivity contribution in [3.8, 4) is 0 Å². The number of benzene rings is 2. The molecule has 2 aromatic carbocycles. The largest absolute Gasteiger partial charge is 0.397 e. The lowest BCUT2D eigenvalue weighted by atomic mass is 10.2. The van der Waals surface area contributed by atoms with Crippen LogP contribution in [-0.4, -0.2) is 19.8 Å². The van der Waals surface area contributed by atoms with E-state index in [1.807, 2.05) is 0 Å². The number of rotatable bonds is 4. The Morgan fingerprint density at radius 3 is 2.38 bits per heavy atom. The fourth-order valence-corrected chi connectivity index (χ4v) is 3.11. The third-order valence-corrected chi connectivity index (χ3v) is 5.14. The second-order valence-corrected chi connectivity index (χ2v) is 7.02. The molecule has 0 aromatic heterocycles. The molecule has 0 aliphatic rings. The van der Waals surface area contributed by atoms with E-state index in [4.69, 9.17) is 17.3 Å². The van der Waals surface area contributed by atoms with Crippen LogP contribution in [0.5, 0.6) is 0 Å².